The Bertz CT molecular complexity index is 468. The predicted octanol–water partition coefficient (Wildman–Crippen LogP) is 1.53. The van der Waals surface area contributed by atoms with Crippen LogP contribution in [-0.4, -0.2) is 29.1 Å². The smallest absolute Gasteiger partial charge is 0.347 e. The summed E-state index contributed by atoms with van der Waals surface area (Å²) in [5, 5.41) is 8.42. The maximum atomic E-state index is 11.6. The van der Waals surface area contributed by atoms with Crippen LogP contribution in [0.25, 0.3) is 0 Å². The Balaban J connectivity index is 2.32. The second-order valence-corrected chi connectivity index (χ2v) is 4.12. The number of carboxylic acids is 1. The van der Waals surface area contributed by atoms with Gasteiger partial charge in [0.15, 0.2) is 6.10 Å². The zero-order valence-corrected chi connectivity index (χ0v) is 11.1. The minimum Gasteiger partial charge on any atom is -0.481 e. The van der Waals surface area contributed by atoms with E-state index in [0.29, 0.717) is 0 Å². The SMILES string of the molecule is C[C@H](OC(=O)CCC(=O)O)C(=O)OCc1ccccc1. The van der Waals surface area contributed by atoms with Crippen LogP contribution in [0.2, 0.25) is 0 Å². The molecular formula is C14H16O6. The van der Waals surface area contributed by atoms with Gasteiger partial charge in [-0.25, -0.2) is 4.79 Å². The summed E-state index contributed by atoms with van der Waals surface area (Å²) in [4.78, 5) is 33.1. The summed E-state index contributed by atoms with van der Waals surface area (Å²) < 4.78 is 9.76. The normalized spacial score (nSPS) is 11.4. The molecule has 20 heavy (non-hydrogen) atoms. The highest BCUT2D eigenvalue weighted by atomic mass is 16.6. The molecule has 0 radical (unpaired) electrons. The summed E-state index contributed by atoms with van der Waals surface area (Å²) in [6, 6.07) is 9.09. The zero-order valence-electron chi connectivity index (χ0n) is 11.1. The number of carbonyl (C=O) groups is 3. The summed E-state index contributed by atoms with van der Waals surface area (Å²) in [6.07, 6.45) is -1.66. The second-order valence-electron chi connectivity index (χ2n) is 4.12. The van der Waals surface area contributed by atoms with Gasteiger partial charge in [0.25, 0.3) is 0 Å². The lowest BCUT2D eigenvalue weighted by Gasteiger charge is -2.12. The Morgan fingerprint density at radius 2 is 1.80 bits per heavy atom. The van der Waals surface area contributed by atoms with Gasteiger partial charge in [-0.3, -0.25) is 9.59 Å². The molecule has 6 heteroatoms. The molecule has 0 aliphatic heterocycles. The van der Waals surface area contributed by atoms with E-state index in [1.165, 1.54) is 6.92 Å². The van der Waals surface area contributed by atoms with Crippen molar-refractivity contribution in [1.29, 1.82) is 0 Å². The second kappa shape index (κ2) is 7.93. The third-order valence-electron chi connectivity index (χ3n) is 2.41. The van der Waals surface area contributed by atoms with E-state index in [1.807, 2.05) is 18.2 Å². The molecule has 0 saturated heterocycles. The molecule has 0 spiro atoms. The minimum absolute atomic E-state index is 0.0939. The first kappa shape index (κ1) is 15.7. The molecule has 1 aromatic rings. The van der Waals surface area contributed by atoms with Gasteiger partial charge < -0.3 is 14.6 Å². The average Bonchev–Trinajstić information content (AvgIpc) is 2.43. The quantitative estimate of drug-likeness (QED) is 0.762. The van der Waals surface area contributed by atoms with E-state index in [9.17, 15) is 14.4 Å². The number of ether oxygens (including phenoxy) is 2. The van der Waals surface area contributed by atoms with Gasteiger partial charge in [-0.15, -0.1) is 0 Å². The van der Waals surface area contributed by atoms with E-state index >= 15 is 0 Å². The first-order valence-corrected chi connectivity index (χ1v) is 6.11. The van der Waals surface area contributed by atoms with Crippen LogP contribution in [0.3, 0.4) is 0 Å². The molecule has 6 nitrogen and oxygen atoms in total. The van der Waals surface area contributed by atoms with Gasteiger partial charge >= 0.3 is 17.9 Å². The van der Waals surface area contributed by atoms with Crippen molar-refractivity contribution in [2.24, 2.45) is 0 Å². The number of esters is 2. The van der Waals surface area contributed by atoms with Gasteiger partial charge in [-0.05, 0) is 12.5 Å². The van der Waals surface area contributed by atoms with E-state index in [2.05, 4.69) is 0 Å². The molecule has 1 rings (SSSR count). The van der Waals surface area contributed by atoms with Gasteiger partial charge in [-0.1, -0.05) is 30.3 Å². The fourth-order valence-electron chi connectivity index (χ4n) is 1.36. The minimum atomic E-state index is -1.10. The van der Waals surface area contributed by atoms with Crippen molar-refractivity contribution >= 4 is 17.9 Å². The maximum Gasteiger partial charge on any atom is 0.347 e. The summed E-state index contributed by atoms with van der Waals surface area (Å²) in [6.45, 7) is 1.47. The monoisotopic (exact) mass is 280 g/mol. The number of hydrogen-bond donors (Lipinski definition) is 1. The van der Waals surface area contributed by atoms with Crippen LogP contribution < -0.4 is 0 Å². The Morgan fingerprint density at radius 3 is 2.40 bits per heavy atom. The summed E-state index contributed by atoms with van der Waals surface area (Å²) in [5.41, 5.74) is 0.824. The van der Waals surface area contributed by atoms with Gasteiger partial charge in [-0.2, -0.15) is 0 Å². The summed E-state index contributed by atoms with van der Waals surface area (Å²) in [7, 11) is 0. The van der Waals surface area contributed by atoms with E-state index in [4.69, 9.17) is 14.6 Å². The van der Waals surface area contributed by atoms with E-state index < -0.39 is 24.0 Å². The summed E-state index contributed by atoms with van der Waals surface area (Å²) in [5.74, 6) is -2.50. The van der Waals surface area contributed by atoms with E-state index in [1.54, 1.807) is 12.1 Å². The number of aliphatic carboxylic acids is 1. The first-order chi connectivity index (χ1) is 9.49. The average molecular weight is 280 g/mol. The predicted molar refractivity (Wildman–Crippen MR) is 68.7 cm³/mol. The molecule has 0 saturated carbocycles. The van der Waals surface area contributed by atoms with Crippen molar-refractivity contribution in [1.82, 2.24) is 0 Å². The van der Waals surface area contributed by atoms with Gasteiger partial charge in [0.05, 0.1) is 12.8 Å². The van der Waals surface area contributed by atoms with Crippen molar-refractivity contribution in [3.05, 3.63) is 35.9 Å². The highest BCUT2D eigenvalue weighted by Gasteiger charge is 2.19. The zero-order chi connectivity index (χ0) is 15.0. The molecule has 0 aliphatic carbocycles. The molecule has 0 aliphatic rings. The van der Waals surface area contributed by atoms with Gasteiger partial charge in [0.1, 0.15) is 6.61 Å². The molecular weight excluding hydrogens is 264 g/mol. The lowest BCUT2D eigenvalue weighted by atomic mass is 10.2. The Morgan fingerprint density at radius 1 is 1.15 bits per heavy atom. The molecule has 0 heterocycles. The molecule has 0 fully saturated rings. The topological polar surface area (TPSA) is 89.9 Å². The third-order valence-corrected chi connectivity index (χ3v) is 2.41. The lowest BCUT2D eigenvalue weighted by Crippen LogP contribution is -2.26. The van der Waals surface area contributed by atoms with Crippen molar-refractivity contribution in [3.63, 3.8) is 0 Å². The highest BCUT2D eigenvalue weighted by molar-refractivity contribution is 5.81. The van der Waals surface area contributed by atoms with Crippen molar-refractivity contribution in [2.75, 3.05) is 0 Å². The molecule has 0 unspecified atom stereocenters. The van der Waals surface area contributed by atoms with Crippen LogP contribution in [0.1, 0.15) is 25.3 Å². The van der Waals surface area contributed by atoms with Gasteiger partial charge in [0, 0.05) is 0 Å². The standard InChI is InChI=1S/C14H16O6/c1-10(20-13(17)8-7-12(15)16)14(18)19-9-11-5-3-2-4-6-11/h2-6,10H,7-9H2,1H3,(H,15,16)/t10-/m0/s1. The van der Waals surface area contributed by atoms with Crippen LogP contribution in [-0.2, 0) is 30.5 Å². The number of carbonyl (C=O) groups excluding carboxylic acids is 2. The Hall–Kier alpha value is -2.37. The number of hydrogen-bond acceptors (Lipinski definition) is 5. The Labute approximate surface area is 116 Å². The molecule has 0 bridgehead atoms. The van der Waals surface area contributed by atoms with Crippen LogP contribution in [0.5, 0.6) is 0 Å². The molecule has 1 N–H and O–H groups in total. The van der Waals surface area contributed by atoms with Crippen molar-refractivity contribution in [2.45, 2.75) is 32.5 Å². The molecule has 108 valence electrons. The fourth-order valence-corrected chi connectivity index (χ4v) is 1.36. The highest BCUT2D eigenvalue weighted by Crippen LogP contribution is 2.04. The summed E-state index contributed by atoms with van der Waals surface area (Å²) >= 11 is 0. The molecule has 0 amide bonds. The molecule has 1 atom stereocenters. The van der Waals surface area contributed by atoms with Crippen LogP contribution >= 0.6 is 0 Å². The third kappa shape index (κ3) is 5.99. The van der Waals surface area contributed by atoms with Crippen molar-refractivity contribution < 1.29 is 29.0 Å². The largest absolute Gasteiger partial charge is 0.481 e. The van der Waals surface area contributed by atoms with Crippen LogP contribution in [0.15, 0.2) is 30.3 Å². The number of rotatable bonds is 7. The van der Waals surface area contributed by atoms with Gasteiger partial charge in [0.2, 0.25) is 0 Å². The van der Waals surface area contributed by atoms with E-state index in [0.717, 1.165) is 5.56 Å². The number of benzene rings is 1. The van der Waals surface area contributed by atoms with Crippen LogP contribution in [0, 0.1) is 0 Å². The van der Waals surface area contributed by atoms with Crippen LogP contribution in [0.4, 0.5) is 0 Å². The molecule has 0 aromatic heterocycles. The fraction of sp³-hybridized carbons (Fsp3) is 0.357. The van der Waals surface area contributed by atoms with Crippen molar-refractivity contribution in [3.8, 4) is 0 Å². The Kier molecular flexibility index (Phi) is 6.22. The first-order valence-electron chi connectivity index (χ1n) is 6.11. The maximum absolute atomic E-state index is 11.6. The lowest BCUT2D eigenvalue weighted by molar-refractivity contribution is -0.167. The number of carboxylic acid groups (broad SMARTS) is 1. The van der Waals surface area contributed by atoms with E-state index in [-0.39, 0.29) is 19.4 Å². The molecule has 1 aromatic carbocycles.